The third-order valence-electron chi connectivity index (χ3n) is 5.04. The summed E-state index contributed by atoms with van der Waals surface area (Å²) in [5.41, 5.74) is 1.83. The van der Waals surface area contributed by atoms with Crippen LogP contribution in [-0.4, -0.2) is 50.0 Å². The Morgan fingerprint density at radius 3 is 2.37 bits per heavy atom. The van der Waals surface area contributed by atoms with Gasteiger partial charge in [-0.1, -0.05) is 49.2 Å². The molecule has 160 valence electrons. The number of carbonyl (C=O) groups excluding carboxylic acids is 2. The average molecular weight is 450 g/mol. The van der Waals surface area contributed by atoms with Crippen LogP contribution >= 0.6 is 23.2 Å². The van der Waals surface area contributed by atoms with Gasteiger partial charge >= 0.3 is 0 Å². The molecule has 0 aromatic heterocycles. The molecule has 2 aromatic rings. The summed E-state index contributed by atoms with van der Waals surface area (Å²) in [5, 5.41) is 3.57. The van der Waals surface area contributed by atoms with E-state index in [1.54, 1.807) is 0 Å². The first-order valence-corrected chi connectivity index (χ1v) is 10.5. The van der Waals surface area contributed by atoms with Gasteiger partial charge in [0.1, 0.15) is 5.75 Å². The van der Waals surface area contributed by atoms with Gasteiger partial charge in [0.15, 0.2) is 0 Å². The molecule has 0 aliphatic carbocycles. The summed E-state index contributed by atoms with van der Waals surface area (Å²) in [6.45, 7) is 6.51. The first-order valence-electron chi connectivity index (χ1n) is 9.79. The highest BCUT2D eigenvalue weighted by Crippen LogP contribution is 2.34. The highest BCUT2D eigenvalue weighted by atomic mass is 35.5. The fraction of sp³-hybridized carbons (Fsp3) is 0.364. The molecule has 1 aliphatic heterocycles. The summed E-state index contributed by atoms with van der Waals surface area (Å²) in [7, 11) is 1.46. The van der Waals surface area contributed by atoms with Crippen molar-refractivity contribution < 1.29 is 14.3 Å². The summed E-state index contributed by atoms with van der Waals surface area (Å²) in [5.74, 6) is 0.0676. The number of methoxy groups -OCH3 is 1. The maximum absolute atomic E-state index is 13.0. The molecule has 1 heterocycles. The fourth-order valence-corrected chi connectivity index (χ4v) is 4.08. The van der Waals surface area contributed by atoms with Crippen molar-refractivity contribution in [1.82, 2.24) is 4.90 Å². The summed E-state index contributed by atoms with van der Waals surface area (Å²) < 4.78 is 5.29. The number of piperazine rings is 1. The highest BCUT2D eigenvalue weighted by Gasteiger charge is 2.25. The third-order valence-corrected chi connectivity index (χ3v) is 5.53. The van der Waals surface area contributed by atoms with Crippen LogP contribution in [0, 0.1) is 5.92 Å². The lowest BCUT2D eigenvalue weighted by atomic mass is 10.1. The molecule has 0 unspecified atom stereocenters. The number of ether oxygens (including phenoxy) is 1. The summed E-state index contributed by atoms with van der Waals surface area (Å²) in [6, 6.07) is 10.6. The number of hydrogen-bond acceptors (Lipinski definition) is 4. The Balaban J connectivity index is 1.79. The minimum Gasteiger partial charge on any atom is -0.494 e. The molecule has 1 aliphatic rings. The van der Waals surface area contributed by atoms with Gasteiger partial charge in [0, 0.05) is 37.1 Å². The minimum atomic E-state index is -0.364. The number of carbonyl (C=O) groups is 2. The largest absolute Gasteiger partial charge is 0.494 e. The maximum atomic E-state index is 13.0. The lowest BCUT2D eigenvalue weighted by Gasteiger charge is -2.37. The summed E-state index contributed by atoms with van der Waals surface area (Å²) in [6.07, 6.45) is 0. The van der Waals surface area contributed by atoms with Crippen LogP contribution in [0.25, 0.3) is 0 Å². The second-order valence-corrected chi connectivity index (χ2v) is 8.25. The minimum absolute atomic E-state index is 0.0115. The van der Waals surface area contributed by atoms with Crippen LogP contribution in [0.1, 0.15) is 24.2 Å². The summed E-state index contributed by atoms with van der Waals surface area (Å²) >= 11 is 12.2. The van der Waals surface area contributed by atoms with E-state index in [-0.39, 0.29) is 34.1 Å². The second-order valence-electron chi connectivity index (χ2n) is 7.41. The van der Waals surface area contributed by atoms with Gasteiger partial charge in [0.25, 0.3) is 5.91 Å². The molecule has 0 radical (unpaired) electrons. The van der Waals surface area contributed by atoms with Gasteiger partial charge in [0.05, 0.1) is 29.1 Å². The number of halogens is 2. The Morgan fingerprint density at radius 1 is 1.07 bits per heavy atom. The van der Waals surface area contributed by atoms with Crippen molar-refractivity contribution in [3.8, 4) is 5.75 Å². The quantitative estimate of drug-likeness (QED) is 0.726. The molecule has 6 nitrogen and oxygen atoms in total. The number of rotatable bonds is 5. The van der Waals surface area contributed by atoms with Crippen LogP contribution in [0.4, 0.5) is 11.4 Å². The average Bonchev–Trinajstić information content (AvgIpc) is 2.73. The van der Waals surface area contributed by atoms with Crippen LogP contribution < -0.4 is 15.0 Å². The number of amides is 2. The zero-order valence-electron chi connectivity index (χ0n) is 17.2. The second kappa shape index (κ2) is 9.58. The van der Waals surface area contributed by atoms with Crippen LogP contribution in [0.3, 0.4) is 0 Å². The highest BCUT2D eigenvalue weighted by molar-refractivity contribution is 6.36. The van der Waals surface area contributed by atoms with Gasteiger partial charge in [-0.05, 0) is 24.3 Å². The normalized spacial score (nSPS) is 14.1. The molecule has 1 N–H and O–H groups in total. The predicted octanol–water partition coefficient (Wildman–Crippen LogP) is 4.56. The van der Waals surface area contributed by atoms with Gasteiger partial charge in [-0.3, -0.25) is 9.59 Å². The van der Waals surface area contributed by atoms with Gasteiger partial charge in [0.2, 0.25) is 5.91 Å². The first-order chi connectivity index (χ1) is 14.3. The summed E-state index contributed by atoms with van der Waals surface area (Å²) in [4.78, 5) is 29.3. The molecule has 2 aromatic carbocycles. The molecule has 8 heteroatoms. The Labute approximate surface area is 186 Å². The van der Waals surface area contributed by atoms with E-state index in [9.17, 15) is 9.59 Å². The molecule has 0 bridgehead atoms. The number of nitrogens with zero attached hydrogens (tertiary/aromatic N) is 2. The SMILES string of the molecule is COc1c(Cl)cc(Cl)cc1C(=O)Nc1ccccc1N1CCN(C(=O)C(C)C)CC1. The van der Waals surface area contributed by atoms with E-state index < -0.39 is 0 Å². The van der Waals surface area contributed by atoms with Crippen molar-refractivity contribution >= 4 is 46.4 Å². The van der Waals surface area contributed by atoms with E-state index in [0.717, 1.165) is 5.69 Å². The molecule has 1 fully saturated rings. The van der Waals surface area contributed by atoms with E-state index in [4.69, 9.17) is 27.9 Å². The maximum Gasteiger partial charge on any atom is 0.259 e. The van der Waals surface area contributed by atoms with E-state index in [0.29, 0.717) is 36.9 Å². The van der Waals surface area contributed by atoms with Gasteiger partial charge in [-0.2, -0.15) is 0 Å². The Kier molecular flexibility index (Phi) is 7.10. The van der Waals surface area contributed by atoms with E-state index in [2.05, 4.69) is 10.2 Å². The van der Waals surface area contributed by atoms with Crippen molar-refractivity contribution in [2.45, 2.75) is 13.8 Å². The number of anilines is 2. The van der Waals surface area contributed by atoms with Crippen LogP contribution in [0.15, 0.2) is 36.4 Å². The zero-order valence-corrected chi connectivity index (χ0v) is 18.8. The molecule has 0 saturated carbocycles. The molecule has 0 atom stereocenters. The topological polar surface area (TPSA) is 61.9 Å². The fourth-order valence-electron chi connectivity index (χ4n) is 3.51. The van der Waals surface area contributed by atoms with Crippen molar-refractivity contribution in [2.75, 3.05) is 43.5 Å². The zero-order chi connectivity index (χ0) is 21.8. The lowest BCUT2D eigenvalue weighted by molar-refractivity contribution is -0.134. The number of benzene rings is 2. The van der Waals surface area contributed by atoms with Crippen molar-refractivity contribution in [3.05, 3.63) is 52.0 Å². The smallest absolute Gasteiger partial charge is 0.259 e. The standard InChI is InChI=1S/C22H25Cl2N3O3/c1-14(2)22(29)27-10-8-26(9-11-27)19-7-5-4-6-18(19)25-21(28)16-12-15(23)13-17(24)20(16)30-3/h4-7,12-14H,8-11H2,1-3H3,(H,25,28). The number of nitrogens with one attached hydrogen (secondary N) is 1. The van der Waals surface area contributed by atoms with Crippen LogP contribution in [0.2, 0.25) is 10.0 Å². The molecule has 30 heavy (non-hydrogen) atoms. The molecule has 1 saturated heterocycles. The van der Waals surface area contributed by atoms with Crippen LogP contribution in [-0.2, 0) is 4.79 Å². The monoisotopic (exact) mass is 449 g/mol. The number of hydrogen-bond donors (Lipinski definition) is 1. The van der Waals surface area contributed by atoms with Crippen molar-refractivity contribution in [3.63, 3.8) is 0 Å². The molecule has 3 rings (SSSR count). The Morgan fingerprint density at radius 2 is 1.73 bits per heavy atom. The van der Waals surface area contributed by atoms with E-state index in [1.807, 2.05) is 43.0 Å². The molecule has 2 amide bonds. The van der Waals surface area contributed by atoms with E-state index in [1.165, 1.54) is 19.2 Å². The third kappa shape index (κ3) is 4.82. The van der Waals surface area contributed by atoms with Gasteiger partial charge in [-0.15, -0.1) is 0 Å². The Bertz CT molecular complexity index is 941. The van der Waals surface area contributed by atoms with Crippen molar-refractivity contribution in [2.24, 2.45) is 5.92 Å². The van der Waals surface area contributed by atoms with Gasteiger partial charge in [-0.25, -0.2) is 0 Å². The predicted molar refractivity (Wildman–Crippen MR) is 121 cm³/mol. The number of para-hydroxylation sites is 2. The van der Waals surface area contributed by atoms with E-state index >= 15 is 0 Å². The first kappa shape index (κ1) is 22.2. The lowest BCUT2D eigenvalue weighted by Crippen LogP contribution is -2.50. The molecular weight excluding hydrogens is 425 g/mol. The van der Waals surface area contributed by atoms with Crippen molar-refractivity contribution in [1.29, 1.82) is 0 Å². The Hall–Kier alpha value is -2.44. The molecule has 0 spiro atoms. The van der Waals surface area contributed by atoms with Crippen LogP contribution in [0.5, 0.6) is 5.75 Å². The molecular formula is C22H25Cl2N3O3. The van der Waals surface area contributed by atoms with Gasteiger partial charge < -0.3 is 19.9 Å².